The highest BCUT2D eigenvalue weighted by Gasteiger charge is 1.99. The molecular formula is C9H18N2O7S. The molecule has 0 radical (unpaired) electrons. The molecule has 0 fully saturated rings. The van der Waals surface area contributed by atoms with Crippen LogP contribution in [0.25, 0.3) is 0 Å². The summed E-state index contributed by atoms with van der Waals surface area (Å²) >= 11 is 0. The summed E-state index contributed by atoms with van der Waals surface area (Å²) < 4.78 is 36.6. The van der Waals surface area contributed by atoms with Crippen molar-refractivity contribution in [2.75, 3.05) is 31.3 Å². The zero-order chi connectivity index (χ0) is 14.2. The number of aliphatic hydroxyl groups excluding tert-OH is 1. The van der Waals surface area contributed by atoms with Crippen LogP contribution in [0.3, 0.4) is 0 Å². The van der Waals surface area contributed by atoms with E-state index in [1.807, 2.05) is 6.07 Å². The van der Waals surface area contributed by atoms with Crippen LogP contribution in [0, 0.1) is 0 Å². The van der Waals surface area contributed by atoms with Gasteiger partial charge in [0.25, 0.3) is 0 Å². The third-order valence-corrected chi connectivity index (χ3v) is 1.67. The predicted molar refractivity (Wildman–Crippen MR) is 70.8 cm³/mol. The van der Waals surface area contributed by atoms with Gasteiger partial charge in [-0.15, -0.1) is 0 Å². The number of aliphatic hydroxyl groups is 1. The number of ether oxygens (including phenoxy) is 1. The lowest BCUT2D eigenvalue weighted by Crippen LogP contribution is -2.05. The van der Waals surface area contributed by atoms with Gasteiger partial charge in [0.1, 0.15) is 5.75 Å². The largest absolute Gasteiger partial charge is 0.495 e. The maximum absolute atomic E-state index is 8.74. The first-order chi connectivity index (χ1) is 8.27. The summed E-state index contributed by atoms with van der Waals surface area (Å²) in [5, 5.41) is 11.6. The Labute approximate surface area is 110 Å². The molecule has 19 heavy (non-hydrogen) atoms. The van der Waals surface area contributed by atoms with E-state index >= 15 is 0 Å². The highest BCUT2D eigenvalue weighted by atomic mass is 32.3. The van der Waals surface area contributed by atoms with Crippen LogP contribution in [0.4, 0.5) is 11.4 Å². The molecule has 0 bridgehead atoms. The molecule has 0 heterocycles. The molecular weight excluding hydrogens is 280 g/mol. The number of nitrogens with one attached hydrogen (secondary N) is 1. The van der Waals surface area contributed by atoms with Gasteiger partial charge in [-0.05, 0) is 18.2 Å². The number of hydrogen-bond donors (Lipinski definition) is 5. The van der Waals surface area contributed by atoms with Crippen molar-refractivity contribution in [2.45, 2.75) is 0 Å². The first-order valence-electron chi connectivity index (χ1n) is 4.76. The van der Waals surface area contributed by atoms with E-state index in [9.17, 15) is 0 Å². The lowest BCUT2D eigenvalue weighted by atomic mass is 10.2. The number of nitrogen functional groups attached to an aromatic ring is 1. The van der Waals surface area contributed by atoms with E-state index in [1.165, 1.54) is 0 Å². The second kappa shape index (κ2) is 9.35. The first kappa shape index (κ1) is 19.7. The van der Waals surface area contributed by atoms with Crippen LogP contribution in [-0.4, -0.2) is 48.4 Å². The summed E-state index contributed by atoms with van der Waals surface area (Å²) in [6.07, 6.45) is 0. The van der Waals surface area contributed by atoms with E-state index in [0.29, 0.717) is 18.0 Å². The van der Waals surface area contributed by atoms with Gasteiger partial charge in [0.15, 0.2) is 0 Å². The van der Waals surface area contributed by atoms with Gasteiger partial charge >= 0.3 is 10.4 Å². The molecule has 0 aromatic heterocycles. The van der Waals surface area contributed by atoms with Gasteiger partial charge < -0.3 is 26.4 Å². The second-order valence-electron chi connectivity index (χ2n) is 3.05. The van der Waals surface area contributed by atoms with Crippen molar-refractivity contribution in [3.63, 3.8) is 0 Å². The third kappa shape index (κ3) is 11.2. The molecule has 0 unspecified atom stereocenters. The fourth-order valence-corrected chi connectivity index (χ4v) is 1.04. The second-order valence-corrected chi connectivity index (χ2v) is 3.95. The highest BCUT2D eigenvalue weighted by Crippen LogP contribution is 2.24. The SMILES string of the molecule is COc1ccc(NCCO)cc1N.O.O=S(=O)(O)O. The van der Waals surface area contributed by atoms with Crippen molar-refractivity contribution in [3.8, 4) is 5.75 Å². The zero-order valence-corrected chi connectivity index (χ0v) is 11.0. The Balaban J connectivity index is 0. The molecule has 9 nitrogen and oxygen atoms in total. The van der Waals surface area contributed by atoms with E-state index < -0.39 is 10.4 Å². The van der Waals surface area contributed by atoms with Crippen LogP contribution < -0.4 is 15.8 Å². The summed E-state index contributed by atoms with van der Waals surface area (Å²) in [5.74, 6) is 0.662. The Bertz CT molecular complexity index is 456. The van der Waals surface area contributed by atoms with Gasteiger partial charge in [0.2, 0.25) is 0 Å². The van der Waals surface area contributed by atoms with Crippen LogP contribution in [0.15, 0.2) is 18.2 Å². The maximum atomic E-state index is 8.74. The number of hydrogen-bond acceptors (Lipinski definition) is 6. The Morgan fingerprint density at radius 1 is 1.37 bits per heavy atom. The van der Waals surface area contributed by atoms with Gasteiger partial charge in [0.05, 0.1) is 19.4 Å². The van der Waals surface area contributed by atoms with Gasteiger partial charge in [-0.3, -0.25) is 9.11 Å². The Kier molecular flexibility index (Phi) is 9.72. The topological polar surface area (TPSA) is 174 Å². The van der Waals surface area contributed by atoms with Crippen molar-refractivity contribution in [1.29, 1.82) is 0 Å². The van der Waals surface area contributed by atoms with Gasteiger partial charge in [-0.1, -0.05) is 0 Å². The first-order valence-corrected chi connectivity index (χ1v) is 6.15. The number of nitrogens with two attached hydrogens (primary N) is 1. The van der Waals surface area contributed by atoms with Crippen molar-refractivity contribution in [3.05, 3.63) is 18.2 Å². The van der Waals surface area contributed by atoms with Crippen molar-refractivity contribution >= 4 is 21.8 Å². The molecule has 0 saturated heterocycles. The zero-order valence-electron chi connectivity index (χ0n) is 10.2. The van der Waals surface area contributed by atoms with Crippen LogP contribution in [0.5, 0.6) is 5.75 Å². The molecule has 112 valence electrons. The summed E-state index contributed by atoms with van der Waals surface area (Å²) in [6.45, 7) is 0.623. The smallest absolute Gasteiger partial charge is 0.394 e. The van der Waals surface area contributed by atoms with Crippen molar-refractivity contribution < 1.29 is 32.8 Å². The highest BCUT2D eigenvalue weighted by molar-refractivity contribution is 7.79. The number of methoxy groups -OCH3 is 1. The van der Waals surface area contributed by atoms with Gasteiger partial charge in [0, 0.05) is 12.2 Å². The van der Waals surface area contributed by atoms with E-state index in [2.05, 4.69) is 5.32 Å². The van der Waals surface area contributed by atoms with Crippen molar-refractivity contribution in [1.82, 2.24) is 0 Å². The molecule has 0 saturated carbocycles. The normalized spacial score (nSPS) is 9.68. The Hall–Kier alpha value is -1.59. The molecule has 1 aromatic rings. The molecule has 1 rings (SSSR count). The maximum Gasteiger partial charge on any atom is 0.394 e. The predicted octanol–water partition coefficient (Wildman–Crippen LogP) is -0.796. The van der Waals surface area contributed by atoms with Gasteiger partial charge in [-0.25, -0.2) is 0 Å². The van der Waals surface area contributed by atoms with Crippen LogP contribution in [-0.2, 0) is 10.4 Å². The van der Waals surface area contributed by atoms with Crippen LogP contribution in [0.2, 0.25) is 0 Å². The Morgan fingerprint density at radius 2 is 1.89 bits per heavy atom. The molecule has 0 aliphatic heterocycles. The standard InChI is InChI=1S/C9H14N2O2.H2O4S.H2O/c1-13-9-3-2-7(6-8(9)10)11-4-5-12;1-5(2,3)4;/h2-3,6,11-12H,4-5,10H2,1H3;(H2,1,2,3,4);1H2. The molecule has 1 aromatic carbocycles. The van der Waals surface area contributed by atoms with Crippen LogP contribution >= 0.6 is 0 Å². The average molecular weight is 298 g/mol. The summed E-state index contributed by atoms with van der Waals surface area (Å²) in [5.41, 5.74) is 7.15. The quantitative estimate of drug-likeness (QED) is 0.355. The molecule has 0 amide bonds. The fraction of sp³-hybridized carbons (Fsp3) is 0.333. The summed E-state index contributed by atoms with van der Waals surface area (Å²) in [4.78, 5) is 0. The average Bonchev–Trinajstić information content (AvgIpc) is 2.24. The van der Waals surface area contributed by atoms with E-state index in [-0.39, 0.29) is 12.1 Å². The fourth-order valence-electron chi connectivity index (χ4n) is 1.04. The summed E-state index contributed by atoms with van der Waals surface area (Å²) in [6, 6.07) is 5.41. The van der Waals surface area contributed by atoms with E-state index in [0.717, 1.165) is 5.69 Å². The molecule has 0 aliphatic rings. The summed E-state index contributed by atoms with van der Waals surface area (Å²) in [7, 11) is -3.09. The number of anilines is 2. The minimum atomic E-state index is -4.67. The lowest BCUT2D eigenvalue weighted by molar-refractivity contribution is 0.311. The minimum absolute atomic E-state index is 0. The van der Waals surface area contributed by atoms with E-state index in [4.69, 9.17) is 33.1 Å². The molecule has 8 N–H and O–H groups in total. The third-order valence-electron chi connectivity index (χ3n) is 1.67. The minimum Gasteiger partial charge on any atom is -0.495 e. The molecule has 0 atom stereocenters. The molecule has 0 aliphatic carbocycles. The van der Waals surface area contributed by atoms with Crippen LogP contribution in [0.1, 0.15) is 0 Å². The Morgan fingerprint density at radius 3 is 2.26 bits per heavy atom. The number of rotatable bonds is 4. The monoisotopic (exact) mass is 298 g/mol. The number of benzene rings is 1. The molecule has 10 heteroatoms. The lowest BCUT2D eigenvalue weighted by Gasteiger charge is -2.08. The molecule has 0 spiro atoms. The van der Waals surface area contributed by atoms with Gasteiger partial charge in [-0.2, -0.15) is 8.42 Å². The van der Waals surface area contributed by atoms with Crippen molar-refractivity contribution in [2.24, 2.45) is 0 Å². The van der Waals surface area contributed by atoms with E-state index in [1.54, 1.807) is 19.2 Å².